The van der Waals surface area contributed by atoms with Crippen molar-refractivity contribution in [3.63, 3.8) is 0 Å². The number of fused-ring (bicyclic) bond motifs is 3. The second-order valence-corrected chi connectivity index (χ2v) is 9.02. The summed E-state index contributed by atoms with van der Waals surface area (Å²) in [6.07, 6.45) is 5.69. The van der Waals surface area contributed by atoms with Crippen LogP contribution in [0.4, 0.5) is 0 Å². The van der Waals surface area contributed by atoms with Crippen LogP contribution in [0.2, 0.25) is 5.02 Å². The van der Waals surface area contributed by atoms with E-state index in [9.17, 15) is 4.79 Å². The van der Waals surface area contributed by atoms with E-state index in [1.807, 2.05) is 31.2 Å². The van der Waals surface area contributed by atoms with Crippen LogP contribution in [0.1, 0.15) is 51.8 Å². The van der Waals surface area contributed by atoms with Gasteiger partial charge in [0, 0.05) is 11.1 Å². The molecule has 0 N–H and O–H groups in total. The van der Waals surface area contributed by atoms with E-state index in [1.165, 1.54) is 6.42 Å². The van der Waals surface area contributed by atoms with Crippen molar-refractivity contribution in [2.45, 2.75) is 52.5 Å². The first-order chi connectivity index (χ1) is 15.0. The monoisotopic (exact) mass is 436 g/mol. The van der Waals surface area contributed by atoms with Gasteiger partial charge in [0.1, 0.15) is 6.33 Å². The average molecular weight is 437 g/mol. The van der Waals surface area contributed by atoms with Crippen molar-refractivity contribution in [3.8, 4) is 11.1 Å². The largest absolute Gasteiger partial charge is 0.294 e. The van der Waals surface area contributed by atoms with Crippen molar-refractivity contribution in [3.05, 3.63) is 51.7 Å². The molecule has 1 saturated carbocycles. The minimum Gasteiger partial charge on any atom is -0.294 e. The zero-order chi connectivity index (χ0) is 21.7. The molecule has 0 radical (unpaired) electrons. The van der Waals surface area contributed by atoms with Gasteiger partial charge in [-0.05, 0) is 42.4 Å². The molecule has 1 aliphatic rings. The lowest BCUT2D eigenvalue weighted by Gasteiger charge is -2.34. The zero-order valence-electron chi connectivity index (χ0n) is 17.9. The number of benzene rings is 1. The normalized spacial score (nSPS) is 21.7. The summed E-state index contributed by atoms with van der Waals surface area (Å²) in [5.41, 5.74) is 3.89. The highest BCUT2D eigenvalue weighted by Gasteiger charge is 2.30. The Balaban J connectivity index is 1.70. The molecule has 5 rings (SSSR count). The summed E-state index contributed by atoms with van der Waals surface area (Å²) in [6.45, 7) is 6.52. The van der Waals surface area contributed by atoms with Crippen molar-refractivity contribution >= 4 is 28.4 Å². The predicted octanol–water partition coefficient (Wildman–Crippen LogP) is 4.71. The molecule has 0 amide bonds. The third-order valence-corrected chi connectivity index (χ3v) is 7.07. The number of aromatic nitrogens is 6. The molecule has 3 unspecified atom stereocenters. The Morgan fingerprint density at radius 2 is 1.87 bits per heavy atom. The van der Waals surface area contributed by atoms with Gasteiger partial charge in [-0.3, -0.25) is 9.36 Å². The minimum absolute atomic E-state index is 0.138. The lowest BCUT2D eigenvalue weighted by atomic mass is 9.78. The number of aryl methyl sites for hydroxylation is 1. The molecule has 3 heterocycles. The van der Waals surface area contributed by atoms with Crippen LogP contribution in [0.15, 0.2) is 35.4 Å². The number of rotatable bonds is 3. The van der Waals surface area contributed by atoms with Gasteiger partial charge in [0.2, 0.25) is 0 Å². The molecule has 31 heavy (non-hydrogen) atoms. The Hall–Kier alpha value is -2.80. The van der Waals surface area contributed by atoms with Gasteiger partial charge in [-0.2, -0.15) is 9.61 Å². The summed E-state index contributed by atoms with van der Waals surface area (Å²) >= 11 is 6.06. The van der Waals surface area contributed by atoms with E-state index in [0.29, 0.717) is 28.2 Å². The van der Waals surface area contributed by atoms with Crippen molar-refractivity contribution in [2.75, 3.05) is 0 Å². The lowest BCUT2D eigenvalue weighted by molar-refractivity contribution is 0.182. The fourth-order valence-electron chi connectivity index (χ4n) is 4.82. The molecule has 0 bridgehead atoms. The van der Waals surface area contributed by atoms with Gasteiger partial charge in [0.15, 0.2) is 16.8 Å². The van der Waals surface area contributed by atoms with E-state index < -0.39 is 0 Å². The SMILES string of the molecule is CCc1nn2c(nnc3c(=O)n(C4CCCC(C)C4C)cnc32)c1-c1ccc(Cl)cc1. The molecule has 160 valence electrons. The highest BCUT2D eigenvalue weighted by atomic mass is 35.5. The van der Waals surface area contributed by atoms with E-state index >= 15 is 0 Å². The highest BCUT2D eigenvalue weighted by Crippen LogP contribution is 2.37. The average Bonchev–Trinajstić information content (AvgIpc) is 3.16. The summed E-state index contributed by atoms with van der Waals surface area (Å²) in [4.78, 5) is 18.0. The highest BCUT2D eigenvalue weighted by molar-refractivity contribution is 6.30. The molecule has 1 aliphatic carbocycles. The molecule has 0 spiro atoms. The first-order valence-electron chi connectivity index (χ1n) is 10.9. The quantitative estimate of drug-likeness (QED) is 0.464. The maximum Gasteiger partial charge on any atom is 0.283 e. The summed E-state index contributed by atoms with van der Waals surface area (Å²) < 4.78 is 3.41. The fraction of sp³-hybridized carbons (Fsp3) is 0.435. The van der Waals surface area contributed by atoms with E-state index in [1.54, 1.807) is 15.4 Å². The molecule has 0 saturated heterocycles. The van der Waals surface area contributed by atoms with Crippen LogP contribution in [0.3, 0.4) is 0 Å². The summed E-state index contributed by atoms with van der Waals surface area (Å²) in [5, 5.41) is 14.2. The van der Waals surface area contributed by atoms with Crippen LogP contribution in [-0.2, 0) is 6.42 Å². The van der Waals surface area contributed by atoms with Gasteiger partial charge in [0.05, 0.1) is 11.3 Å². The van der Waals surface area contributed by atoms with Gasteiger partial charge in [-0.25, -0.2) is 4.98 Å². The lowest BCUT2D eigenvalue weighted by Crippen LogP contribution is -2.34. The predicted molar refractivity (Wildman–Crippen MR) is 121 cm³/mol. The van der Waals surface area contributed by atoms with E-state index in [4.69, 9.17) is 16.7 Å². The van der Waals surface area contributed by atoms with Crippen molar-refractivity contribution in [2.24, 2.45) is 11.8 Å². The van der Waals surface area contributed by atoms with Gasteiger partial charge in [-0.15, -0.1) is 10.2 Å². The first-order valence-corrected chi connectivity index (χ1v) is 11.3. The second-order valence-electron chi connectivity index (χ2n) is 8.58. The van der Waals surface area contributed by atoms with E-state index in [-0.39, 0.29) is 17.1 Å². The van der Waals surface area contributed by atoms with Gasteiger partial charge >= 0.3 is 0 Å². The van der Waals surface area contributed by atoms with Crippen LogP contribution in [0.5, 0.6) is 0 Å². The zero-order valence-corrected chi connectivity index (χ0v) is 18.7. The Morgan fingerprint density at radius 1 is 1.10 bits per heavy atom. The van der Waals surface area contributed by atoms with Crippen LogP contribution in [-0.4, -0.2) is 29.4 Å². The van der Waals surface area contributed by atoms with Crippen LogP contribution < -0.4 is 5.56 Å². The van der Waals surface area contributed by atoms with E-state index in [2.05, 4.69) is 29.0 Å². The molecule has 3 aromatic heterocycles. The molecule has 1 aromatic carbocycles. The molecular formula is C23H25ClN6O. The third-order valence-electron chi connectivity index (χ3n) is 6.82. The smallest absolute Gasteiger partial charge is 0.283 e. The molecular weight excluding hydrogens is 412 g/mol. The first kappa shape index (κ1) is 20.1. The van der Waals surface area contributed by atoms with Crippen LogP contribution >= 0.6 is 11.6 Å². The maximum atomic E-state index is 13.4. The Bertz CT molecular complexity index is 1330. The van der Waals surface area contributed by atoms with Gasteiger partial charge in [0.25, 0.3) is 5.56 Å². The van der Waals surface area contributed by atoms with Crippen molar-refractivity contribution in [1.82, 2.24) is 29.4 Å². The Labute approximate surface area is 185 Å². The number of hydrogen-bond donors (Lipinski definition) is 0. The van der Waals surface area contributed by atoms with Crippen LogP contribution in [0, 0.1) is 11.8 Å². The van der Waals surface area contributed by atoms with Crippen molar-refractivity contribution < 1.29 is 0 Å². The standard InChI is InChI=1S/C23H25ClN6O/c1-4-17-19(15-8-10-16(24)11-9-15)21-27-26-20-22(30(21)28-17)25-12-29(23(20)31)18-7-5-6-13(2)14(18)3/h8-14,18H,4-7H2,1-3H3. The molecule has 4 aromatic rings. The number of hydrogen-bond acceptors (Lipinski definition) is 5. The number of nitrogens with zero attached hydrogens (tertiary/aromatic N) is 6. The second kappa shape index (κ2) is 7.71. The molecule has 3 atom stereocenters. The Morgan fingerprint density at radius 3 is 2.61 bits per heavy atom. The molecule has 1 fully saturated rings. The topological polar surface area (TPSA) is 78.0 Å². The minimum atomic E-state index is -0.146. The summed E-state index contributed by atoms with van der Waals surface area (Å²) in [6, 6.07) is 7.72. The molecule has 0 aliphatic heterocycles. The fourth-order valence-corrected chi connectivity index (χ4v) is 4.95. The van der Waals surface area contributed by atoms with Gasteiger partial charge < -0.3 is 0 Å². The molecule has 8 heteroatoms. The van der Waals surface area contributed by atoms with E-state index in [0.717, 1.165) is 36.1 Å². The Kier molecular flexibility index (Phi) is 5.01. The van der Waals surface area contributed by atoms with Gasteiger partial charge in [-0.1, -0.05) is 57.3 Å². The summed E-state index contributed by atoms with van der Waals surface area (Å²) in [7, 11) is 0. The third kappa shape index (κ3) is 3.22. The van der Waals surface area contributed by atoms with Crippen LogP contribution in [0.25, 0.3) is 27.9 Å². The maximum absolute atomic E-state index is 13.4. The molecule has 7 nitrogen and oxygen atoms in total. The number of halogens is 1. The van der Waals surface area contributed by atoms with Crippen molar-refractivity contribution in [1.29, 1.82) is 0 Å². The summed E-state index contributed by atoms with van der Waals surface area (Å²) in [5.74, 6) is 0.991.